The fourth-order valence-corrected chi connectivity index (χ4v) is 4.20. The lowest BCUT2D eigenvalue weighted by Crippen LogP contribution is -2.36. The Kier molecular flexibility index (Phi) is 4.51. The maximum absolute atomic E-state index is 14.0. The van der Waals surface area contributed by atoms with Crippen molar-refractivity contribution in [2.75, 3.05) is 6.54 Å². The highest BCUT2D eigenvalue weighted by Gasteiger charge is 2.25. The maximum Gasteiger partial charge on any atom is 0.227 e. The first-order chi connectivity index (χ1) is 12.6. The molecule has 26 heavy (non-hydrogen) atoms. The minimum absolute atomic E-state index is 0.00287. The molecular formula is C20H16F2N2OS. The molecule has 2 heterocycles. The Morgan fingerprint density at radius 3 is 2.65 bits per heavy atom. The van der Waals surface area contributed by atoms with Crippen LogP contribution in [0.2, 0.25) is 0 Å². The van der Waals surface area contributed by atoms with Crippen LogP contribution in [0.1, 0.15) is 16.1 Å². The SMILES string of the molecule is O=C(Cc1ccc(F)cc1)N1CCc2nc(-c3ccccc3F)sc2C1. The van der Waals surface area contributed by atoms with E-state index in [2.05, 4.69) is 4.98 Å². The largest absolute Gasteiger partial charge is 0.337 e. The Bertz CT molecular complexity index is 953. The number of aromatic nitrogens is 1. The number of thiazole rings is 1. The molecule has 2 aromatic carbocycles. The number of amides is 1. The number of fused-ring (bicyclic) bond motifs is 1. The van der Waals surface area contributed by atoms with Crippen molar-refractivity contribution in [3.05, 3.63) is 76.3 Å². The van der Waals surface area contributed by atoms with Crippen molar-refractivity contribution < 1.29 is 13.6 Å². The molecule has 0 N–H and O–H groups in total. The number of nitrogens with zero attached hydrogens (tertiary/aromatic N) is 2. The van der Waals surface area contributed by atoms with Gasteiger partial charge in [-0.05, 0) is 29.8 Å². The highest BCUT2D eigenvalue weighted by Crippen LogP contribution is 2.33. The topological polar surface area (TPSA) is 33.2 Å². The zero-order chi connectivity index (χ0) is 18.1. The van der Waals surface area contributed by atoms with Crippen LogP contribution in [-0.2, 0) is 24.2 Å². The van der Waals surface area contributed by atoms with Gasteiger partial charge in [0.1, 0.15) is 16.6 Å². The van der Waals surface area contributed by atoms with Crippen LogP contribution in [0.3, 0.4) is 0 Å². The van der Waals surface area contributed by atoms with Gasteiger partial charge in [0.05, 0.1) is 18.7 Å². The van der Waals surface area contributed by atoms with E-state index in [1.54, 1.807) is 35.2 Å². The van der Waals surface area contributed by atoms with Crippen LogP contribution >= 0.6 is 11.3 Å². The zero-order valence-corrected chi connectivity index (χ0v) is 14.7. The number of carbonyl (C=O) groups excluding carboxylic acids is 1. The molecule has 1 aliphatic heterocycles. The number of hydrogen-bond donors (Lipinski definition) is 0. The van der Waals surface area contributed by atoms with Crippen molar-refractivity contribution >= 4 is 17.2 Å². The van der Waals surface area contributed by atoms with Gasteiger partial charge in [-0.3, -0.25) is 4.79 Å². The standard InChI is InChI=1S/C20H16F2N2OS/c21-14-7-5-13(6-8-14)11-19(25)24-10-9-17-18(12-24)26-20(23-17)15-3-1-2-4-16(15)22/h1-8H,9-12H2. The molecule has 0 saturated carbocycles. The molecule has 3 nitrogen and oxygen atoms in total. The van der Waals surface area contributed by atoms with Gasteiger partial charge in [0.25, 0.3) is 0 Å². The summed E-state index contributed by atoms with van der Waals surface area (Å²) in [5.74, 6) is -0.597. The predicted molar refractivity (Wildman–Crippen MR) is 96.7 cm³/mol. The van der Waals surface area contributed by atoms with Crippen molar-refractivity contribution in [1.82, 2.24) is 9.88 Å². The van der Waals surface area contributed by atoms with Gasteiger partial charge >= 0.3 is 0 Å². The lowest BCUT2D eigenvalue weighted by atomic mass is 10.1. The number of benzene rings is 2. The summed E-state index contributed by atoms with van der Waals surface area (Å²) in [6, 6.07) is 12.6. The van der Waals surface area contributed by atoms with Crippen LogP contribution in [0.5, 0.6) is 0 Å². The lowest BCUT2D eigenvalue weighted by Gasteiger charge is -2.26. The molecule has 0 bridgehead atoms. The third-order valence-electron chi connectivity index (χ3n) is 4.46. The molecule has 1 aliphatic rings. The summed E-state index contributed by atoms with van der Waals surface area (Å²) in [7, 11) is 0. The van der Waals surface area contributed by atoms with Gasteiger partial charge in [-0.2, -0.15) is 0 Å². The van der Waals surface area contributed by atoms with Crippen molar-refractivity contribution in [3.63, 3.8) is 0 Å². The van der Waals surface area contributed by atoms with Crippen LogP contribution in [0.25, 0.3) is 10.6 Å². The first-order valence-corrected chi connectivity index (χ1v) is 9.17. The van der Waals surface area contributed by atoms with E-state index in [1.807, 2.05) is 0 Å². The summed E-state index contributed by atoms with van der Waals surface area (Å²) >= 11 is 1.44. The van der Waals surface area contributed by atoms with Gasteiger partial charge in [-0.1, -0.05) is 24.3 Å². The van der Waals surface area contributed by atoms with Gasteiger partial charge in [-0.25, -0.2) is 13.8 Å². The molecule has 0 spiro atoms. The molecule has 0 unspecified atom stereocenters. The molecule has 1 aromatic heterocycles. The van der Waals surface area contributed by atoms with E-state index in [-0.39, 0.29) is 24.0 Å². The van der Waals surface area contributed by atoms with Crippen molar-refractivity contribution in [2.45, 2.75) is 19.4 Å². The third-order valence-corrected chi connectivity index (χ3v) is 5.57. The molecule has 4 rings (SSSR count). The van der Waals surface area contributed by atoms with Gasteiger partial charge in [0.2, 0.25) is 5.91 Å². The van der Waals surface area contributed by atoms with E-state index in [4.69, 9.17) is 0 Å². The maximum atomic E-state index is 14.0. The summed E-state index contributed by atoms with van der Waals surface area (Å²) in [6.45, 7) is 1.08. The smallest absolute Gasteiger partial charge is 0.227 e. The average Bonchev–Trinajstić information content (AvgIpc) is 3.07. The number of carbonyl (C=O) groups is 1. The second-order valence-corrected chi connectivity index (χ2v) is 7.32. The second kappa shape index (κ2) is 6.96. The lowest BCUT2D eigenvalue weighted by molar-refractivity contribution is -0.131. The second-order valence-electron chi connectivity index (χ2n) is 6.24. The Hall–Kier alpha value is -2.60. The molecule has 0 fully saturated rings. The van der Waals surface area contributed by atoms with Crippen molar-refractivity contribution in [2.24, 2.45) is 0 Å². The Morgan fingerprint density at radius 2 is 1.88 bits per heavy atom. The Labute approximate surface area is 153 Å². The molecular weight excluding hydrogens is 354 g/mol. The van der Waals surface area contributed by atoms with E-state index in [0.717, 1.165) is 16.1 Å². The number of hydrogen-bond acceptors (Lipinski definition) is 3. The fraction of sp³-hybridized carbons (Fsp3) is 0.200. The molecule has 0 radical (unpaired) electrons. The molecule has 0 atom stereocenters. The summed E-state index contributed by atoms with van der Waals surface area (Å²) in [4.78, 5) is 19.9. The minimum atomic E-state index is -0.311. The van der Waals surface area contributed by atoms with Gasteiger partial charge < -0.3 is 4.90 Å². The molecule has 132 valence electrons. The highest BCUT2D eigenvalue weighted by molar-refractivity contribution is 7.15. The summed E-state index contributed by atoms with van der Waals surface area (Å²) < 4.78 is 27.0. The first-order valence-electron chi connectivity index (χ1n) is 8.36. The van der Waals surface area contributed by atoms with E-state index in [0.29, 0.717) is 30.1 Å². The van der Waals surface area contributed by atoms with Crippen LogP contribution < -0.4 is 0 Å². The number of halogens is 2. The van der Waals surface area contributed by atoms with Gasteiger partial charge in [-0.15, -0.1) is 11.3 Å². The predicted octanol–water partition coefficient (Wildman–Crippen LogP) is 4.22. The Balaban J connectivity index is 1.50. The summed E-state index contributed by atoms with van der Waals surface area (Å²) in [5.41, 5.74) is 2.23. The summed E-state index contributed by atoms with van der Waals surface area (Å²) in [6.07, 6.45) is 0.907. The highest BCUT2D eigenvalue weighted by atomic mass is 32.1. The summed E-state index contributed by atoms with van der Waals surface area (Å²) in [5, 5.41) is 0.654. The number of rotatable bonds is 3. The van der Waals surface area contributed by atoms with E-state index in [9.17, 15) is 13.6 Å². The van der Waals surface area contributed by atoms with Crippen LogP contribution in [0, 0.1) is 11.6 Å². The van der Waals surface area contributed by atoms with Crippen LogP contribution in [0.15, 0.2) is 48.5 Å². The van der Waals surface area contributed by atoms with Crippen LogP contribution in [0.4, 0.5) is 8.78 Å². The molecule has 0 aliphatic carbocycles. The molecule has 1 amide bonds. The Morgan fingerprint density at radius 1 is 1.12 bits per heavy atom. The quantitative estimate of drug-likeness (QED) is 0.692. The fourth-order valence-electron chi connectivity index (χ4n) is 3.05. The average molecular weight is 370 g/mol. The van der Waals surface area contributed by atoms with E-state index in [1.165, 1.54) is 29.5 Å². The van der Waals surface area contributed by atoms with Crippen molar-refractivity contribution in [1.29, 1.82) is 0 Å². The molecule has 6 heteroatoms. The zero-order valence-electron chi connectivity index (χ0n) is 13.9. The molecule has 0 saturated heterocycles. The monoisotopic (exact) mass is 370 g/mol. The van der Waals surface area contributed by atoms with Gasteiger partial charge in [0.15, 0.2) is 0 Å². The third kappa shape index (κ3) is 3.37. The first kappa shape index (κ1) is 16.8. The van der Waals surface area contributed by atoms with E-state index >= 15 is 0 Å². The van der Waals surface area contributed by atoms with Crippen LogP contribution in [-0.4, -0.2) is 22.3 Å². The normalized spacial score (nSPS) is 13.5. The van der Waals surface area contributed by atoms with E-state index < -0.39 is 0 Å². The van der Waals surface area contributed by atoms with Gasteiger partial charge in [0, 0.05) is 23.4 Å². The minimum Gasteiger partial charge on any atom is -0.337 e. The van der Waals surface area contributed by atoms with Crippen molar-refractivity contribution in [3.8, 4) is 10.6 Å². The molecule has 3 aromatic rings.